The zero-order chi connectivity index (χ0) is 15.1. The molecule has 0 aliphatic rings. The molecule has 0 aliphatic carbocycles. The molecule has 2 rings (SSSR count). The summed E-state index contributed by atoms with van der Waals surface area (Å²) in [6.45, 7) is 1.96. The van der Waals surface area contributed by atoms with E-state index in [1.807, 2.05) is 25.1 Å². The van der Waals surface area contributed by atoms with Crippen molar-refractivity contribution < 1.29 is 9.21 Å². The van der Waals surface area contributed by atoms with Crippen LogP contribution < -0.4 is 5.32 Å². The zero-order valence-electron chi connectivity index (χ0n) is 11.5. The minimum Gasteiger partial charge on any atom is -0.465 e. The van der Waals surface area contributed by atoms with Gasteiger partial charge in [-0.3, -0.25) is 4.79 Å². The molecule has 1 aromatic carbocycles. The Labute approximate surface area is 123 Å². The van der Waals surface area contributed by atoms with Gasteiger partial charge in [-0.15, -0.1) is 0 Å². The van der Waals surface area contributed by atoms with Gasteiger partial charge in [0.15, 0.2) is 0 Å². The van der Waals surface area contributed by atoms with Crippen molar-refractivity contribution in [3.8, 4) is 6.07 Å². The highest BCUT2D eigenvalue weighted by Gasteiger charge is 2.07. The molecule has 0 unspecified atom stereocenters. The first-order valence-electron chi connectivity index (χ1n) is 6.39. The van der Waals surface area contributed by atoms with Crippen LogP contribution in [0, 0.1) is 18.3 Å². The summed E-state index contributed by atoms with van der Waals surface area (Å²) >= 11 is 0. The van der Waals surface area contributed by atoms with Crippen molar-refractivity contribution in [2.75, 3.05) is 5.32 Å². The van der Waals surface area contributed by atoms with Crippen molar-refractivity contribution in [1.82, 2.24) is 0 Å². The molecule has 0 radical (unpaired) electrons. The van der Waals surface area contributed by atoms with Gasteiger partial charge in [-0.2, -0.15) is 5.26 Å². The summed E-state index contributed by atoms with van der Waals surface area (Å²) in [5.74, 6) is 0.216. The lowest BCUT2D eigenvalue weighted by molar-refractivity contribution is -0.112. The third-order valence-corrected chi connectivity index (χ3v) is 2.74. The van der Waals surface area contributed by atoms with Crippen LogP contribution in [0.5, 0.6) is 0 Å². The molecule has 0 atom stereocenters. The SMILES string of the molecule is Cc1ccc(NC(=O)/C(C#N)=C/C=C/c2ccco2)cc1. The Hall–Kier alpha value is -3.06. The first-order chi connectivity index (χ1) is 10.2. The summed E-state index contributed by atoms with van der Waals surface area (Å²) in [4.78, 5) is 12.0. The minimum absolute atomic E-state index is 0.0263. The topological polar surface area (TPSA) is 66.0 Å². The third kappa shape index (κ3) is 4.22. The van der Waals surface area contributed by atoms with Gasteiger partial charge in [-0.05, 0) is 43.3 Å². The maximum absolute atomic E-state index is 12.0. The second-order valence-electron chi connectivity index (χ2n) is 4.39. The Morgan fingerprint density at radius 3 is 2.67 bits per heavy atom. The van der Waals surface area contributed by atoms with Gasteiger partial charge < -0.3 is 9.73 Å². The molecule has 21 heavy (non-hydrogen) atoms. The summed E-state index contributed by atoms with van der Waals surface area (Å²) in [5.41, 5.74) is 1.78. The lowest BCUT2D eigenvalue weighted by atomic mass is 10.2. The first-order valence-corrected chi connectivity index (χ1v) is 6.39. The number of allylic oxidation sites excluding steroid dienone is 2. The Morgan fingerprint density at radius 2 is 2.05 bits per heavy atom. The van der Waals surface area contributed by atoms with E-state index in [9.17, 15) is 4.79 Å². The van der Waals surface area contributed by atoms with Crippen molar-refractivity contribution in [2.45, 2.75) is 6.92 Å². The molecule has 1 N–H and O–H groups in total. The molecule has 0 fully saturated rings. The number of hydrogen-bond donors (Lipinski definition) is 1. The Balaban J connectivity index is 2.04. The lowest BCUT2D eigenvalue weighted by Gasteiger charge is -2.03. The van der Waals surface area contributed by atoms with E-state index in [1.165, 1.54) is 6.08 Å². The number of aryl methyl sites for hydroxylation is 1. The normalized spacial score (nSPS) is 11.3. The average Bonchev–Trinajstić information content (AvgIpc) is 2.99. The Morgan fingerprint density at radius 1 is 1.29 bits per heavy atom. The Kier molecular flexibility index (Phi) is 4.73. The van der Waals surface area contributed by atoms with Gasteiger partial charge in [0.1, 0.15) is 17.4 Å². The van der Waals surface area contributed by atoms with Gasteiger partial charge in [-0.1, -0.05) is 23.8 Å². The fourth-order valence-electron chi connectivity index (χ4n) is 1.62. The highest BCUT2D eigenvalue weighted by molar-refractivity contribution is 6.06. The quantitative estimate of drug-likeness (QED) is 0.527. The second kappa shape index (κ2) is 6.92. The lowest BCUT2D eigenvalue weighted by Crippen LogP contribution is -2.13. The first kappa shape index (κ1) is 14.4. The number of amides is 1. The van der Waals surface area contributed by atoms with Gasteiger partial charge in [0.05, 0.1) is 6.26 Å². The molecule has 0 bridgehead atoms. The van der Waals surface area contributed by atoms with Crippen LogP contribution in [-0.2, 0) is 4.79 Å². The van der Waals surface area contributed by atoms with Gasteiger partial charge in [0, 0.05) is 5.69 Å². The smallest absolute Gasteiger partial charge is 0.266 e. The van der Waals surface area contributed by atoms with E-state index in [1.54, 1.807) is 42.7 Å². The summed E-state index contributed by atoms with van der Waals surface area (Å²) in [5, 5.41) is 11.7. The summed E-state index contributed by atoms with van der Waals surface area (Å²) in [6, 6.07) is 12.8. The molecule has 104 valence electrons. The highest BCUT2D eigenvalue weighted by Crippen LogP contribution is 2.10. The number of anilines is 1. The van der Waals surface area contributed by atoms with Crippen LogP contribution in [0.2, 0.25) is 0 Å². The predicted molar refractivity (Wildman–Crippen MR) is 81.2 cm³/mol. The van der Waals surface area contributed by atoms with E-state index in [0.717, 1.165) is 5.56 Å². The molecule has 1 aromatic heterocycles. The number of furan rings is 1. The highest BCUT2D eigenvalue weighted by atomic mass is 16.3. The van der Waals surface area contributed by atoms with E-state index in [4.69, 9.17) is 9.68 Å². The molecule has 0 saturated heterocycles. The van der Waals surface area contributed by atoms with Crippen LogP contribution in [0.3, 0.4) is 0 Å². The summed E-state index contributed by atoms with van der Waals surface area (Å²) in [6.07, 6.45) is 6.29. The van der Waals surface area contributed by atoms with E-state index in [-0.39, 0.29) is 5.57 Å². The number of rotatable bonds is 4. The van der Waals surface area contributed by atoms with Gasteiger partial charge in [-0.25, -0.2) is 0 Å². The zero-order valence-corrected chi connectivity index (χ0v) is 11.5. The number of nitrogens with zero attached hydrogens (tertiary/aromatic N) is 1. The molecule has 2 aromatic rings. The van der Waals surface area contributed by atoms with Gasteiger partial charge >= 0.3 is 0 Å². The van der Waals surface area contributed by atoms with E-state index in [2.05, 4.69) is 5.32 Å². The number of benzene rings is 1. The fourth-order valence-corrected chi connectivity index (χ4v) is 1.62. The summed E-state index contributed by atoms with van der Waals surface area (Å²) in [7, 11) is 0. The number of carbonyl (C=O) groups excluding carboxylic acids is 1. The second-order valence-corrected chi connectivity index (χ2v) is 4.39. The molecule has 4 heteroatoms. The molecule has 4 nitrogen and oxygen atoms in total. The van der Waals surface area contributed by atoms with E-state index >= 15 is 0 Å². The maximum Gasteiger partial charge on any atom is 0.266 e. The number of hydrogen-bond acceptors (Lipinski definition) is 3. The fraction of sp³-hybridized carbons (Fsp3) is 0.0588. The van der Waals surface area contributed by atoms with Crippen molar-refractivity contribution in [3.05, 3.63) is 71.7 Å². The molecule has 1 amide bonds. The summed E-state index contributed by atoms with van der Waals surface area (Å²) < 4.78 is 5.12. The van der Waals surface area contributed by atoms with Crippen LogP contribution in [0.1, 0.15) is 11.3 Å². The van der Waals surface area contributed by atoms with Gasteiger partial charge in [0.25, 0.3) is 5.91 Å². The van der Waals surface area contributed by atoms with Crippen LogP contribution in [0.25, 0.3) is 6.08 Å². The minimum atomic E-state index is -0.439. The predicted octanol–water partition coefficient (Wildman–Crippen LogP) is 3.69. The van der Waals surface area contributed by atoms with Crippen LogP contribution in [0.15, 0.2) is 64.8 Å². The maximum atomic E-state index is 12.0. The molecule has 0 spiro atoms. The van der Waals surface area contributed by atoms with E-state index in [0.29, 0.717) is 11.4 Å². The van der Waals surface area contributed by atoms with Crippen LogP contribution in [0.4, 0.5) is 5.69 Å². The number of nitrogens with one attached hydrogen (secondary N) is 1. The van der Waals surface area contributed by atoms with Crippen molar-refractivity contribution in [3.63, 3.8) is 0 Å². The molecular formula is C17H14N2O2. The van der Waals surface area contributed by atoms with Crippen molar-refractivity contribution >= 4 is 17.7 Å². The number of nitriles is 1. The number of carbonyl (C=O) groups is 1. The average molecular weight is 278 g/mol. The molecule has 1 heterocycles. The van der Waals surface area contributed by atoms with Crippen molar-refractivity contribution in [1.29, 1.82) is 5.26 Å². The third-order valence-electron chi connectivity index (χ3n) is 2.74. The molecule has 0 aliphatic heterocycles. The van der Waals surface area contributed by atoms with Crippen LogP contribution >= 0.6 is 0 Å². The largest absolute Gasteiger partial charge is 0.465 e. The molecular weight excluding hydrogens is 264 g/mol. The van der Waals surface area contributed by atoms with Crippen LogP contribution in [-0.4, -0.2) is 5.91 Å². The Bertz CT molecular complexity index is 702. The van der Waals surface area contributed by atoms with E-state index < -0.39 is 5.91 Å². The monoisotopic (exact) mass is 278 g/mol. The standard InChI is InChI=1S/C17H14N2O2/c1-13-7-9-15(10-8-13)19-17(20)14(12-18)4-2-5-16-6-3-11-21-16/h2-11H,1H3,(H,19,20)/b5-2+,14-4+. The van der Waals surface area contributed by atoms with Gasteiger partial charge in [0.2, 0.25) is 0 Å². The van der Waals surface area contributed by atoms with Crippen molar-refractivity contribution in [2.24, 2.45) is 0 Å². The molecule has 0 saturated carbocycles.